The maximum absolute atomic E-state index is 10.8. The van der Waals surface area contributed by atoms with Gasteiger partial charge in [-0.25, -0.2) is 9.59 Å². The van der Waals surface area contributed by atoms with E-state index in [9.17, 15) is 14.4 Å². The lowest BCUT2D eigenvalue weighted by Gasteiger charge is -2.06. The van der Waals surface area contributed by atoms with Crippen LogP contribution in [0.25, 0.3) is 0 Å². The zero-order chi connectivity index (χ0) is 12.0. The number of aliphatic hydroxyl groups excluding tert-OH is 1. The van der Waals surface area contributed by atoms with Gasteiger partial charge in [-0.3, -0.25) is 4.79 Å². The van der Waals surface area contributed by atoms with E-state index in [4.69, 9.17) is 15.3 Å². The molecule has 82 valence electrons. The molecular formula is C9H10O6. The second kappa shape index (κ2) is 5.71. The zero-order valence-electron chi connectivity index (χ0n) is 7.71. The molecule has 15 heavy (non-hydrogen) atoms. The molecule has 0 aliphatic carbocycles. The Morgan fingerprint density at radius 3 is 2.13 bits per heavy atom. The van der Waals surface area contributed by atoms with E-state index in [-0.39, 0.29) is 0 Å². The molecule has 0 amide bonds. The Hall–Kier alpha value is -1.95. The molecule has 0 radical (unpaired) electrons. The van der Waals surface area contributed by atoms with Gasteiger partial charge in [-0.15, -0.1) is 0 Å². The topological polar surface area (TPSA) is 112 Å². The normalized spacial score (nSPS) is 13.0. The van der Waals surface area contributed by atoms with Gasteiger partial charge in [0.05, 0.1) is 0 Å². The molecule has 0 aromatic carbocycles. The number of carboxylic acids is 2. The van der Waals surface area contributed by atoms with Gasteiger partial charge in [-0.1, -0.05) is 6.58 Å². The van der Waals surface area contributed by atoms with Crippen molar-refractivity contribution >= 4 is 17.7 Å². The van der Waals surface area contributed by atoms with E-state index in [1.165, 1.54) is 0 Å². The van der Waals surface area contributed by atoms with Crippen LogP contribution in [-0.2, 0) is 14.4 Å². The fourth-order valence-electron chi connectivity index (χ4n) is 0.802. The fraction of sp³-hybridized carbons (Fsp3) is 0.222. The van der Waals surface area contributed by atoms with Crippen LogP contribution in [0.5, 0.6) is 0 Å². The number of carbonyl (C=O) groups excluding carboxylic acids is 1. The molecule has 0 saturated heterocycles. The lowest BCUT2D eigenvalue weighted by Crippen LogP contribution is -2.21. The highest BCUT2D eigenvalue weighted by Gasteiger charge is 2.18. The molecular weight excluding hydrogens is 204 g/mol. The number of ketones is 1. The number of carbonyl (C=O) groups is 3. The first kappa shape index (κ1) is 13.1. The molecule has 0 saturated carbocycles. The van der Waals surface area contributed by atoms with Crippen LogP contribution in [0.2, 0.25) is 0 Å². The molecule has 0 bridgehead atoms. The van der Waals surface area contributed by atoms with Crippen LogP contribution < -0.4 is 0 Å². The molecule has 0 heterocycles. The average Bonchev–Trinajstić information content (AvgIpc) is 2.14. The van der Waals surface area contributed by atoms with Gasteiger partial charge in [-0.2, -0.15) is 0 Å². The van der Waals surface area contributed by atoms with E-state index < -0.39 is 35.8 Å². The molecule has 0 aromatic rings. The van der Waals surface area contributed by atoms with E-state index in [0.29, 0.717) is 6.08 Å². The molecule has 0 aliphatic heterocycles. The monoisotopic (exact) mass is 214 g/mol. The summed E-state index contributed by atoms with van der Waals surface area (Å²) in [6.07, 6.45) is -0.872. The molecule has 6 heteroatoms. The molecule has 1 unspecified atom stereocenters. The van der Waals surface area contributed by atoms with E-state index in [1.54, 1.807) is 0 Å². The van der Waals surface area contributed by atoms with Crippen molar-refractivity contribution in [3.8, 4) is 0 Å². The Morgan fingerprint density at radius 1 is 1.27 bits per heavy atom. The van der Waals surface area contributed by atoms with Crippen LogP contribution in [0.3, 0.4) is 0 Å². The highest BCUT2D eigenvalue weighted by Crippen LogP contribution is 2.07. The Balaban J connectivity index is 4.70. The fourth-order valence-corrected chi connectivity index (χ4v) is 0.802. The third-order valence-corrected chi connectivity index (χ3v) is 1.52. The van der Waals surface area contributed by atoms with Crippen molar-refractivity contribution in [2.24, 2.45) is 0 Å². The van der Waals surface area contributed by atoms with Crippen LogP contribution in [-0.4, -0.2) is 39.1 Å². The Bertz CT molecular complexity index is 327. The largest absolute Gasteiger partial charge is 0.478 e. The highest BCUT2D eigenvalue weighted by atomic mass is 16.4. The van der Waals surface area contributed by atoms with Crippen molar-refractivity contribution in [2.45, 2.75) is 12.5 Å². The second-order valence-electron chi connectivity index (χ2n) is 2.64. The smallest absolute Gasteiger partial charge is 0.331 e. The number of carboxylic acid groups (broad SMARTS) is 2. The highest BCUT2D eigenvalue weighted by molar-refractivity contribution is 5.97. The minimum atomic E-state index is -1.58. The molecule has 3 N–H and O–H groups in total. The van der Waals surface area contributed by atoms with Crippen molar-refractivity contribution in [3.05, 3.63) is 24.3 Å². The summed E-state index contributed by atoms with van der Waals surface area (Å²) in [5, 5.41) is 26.0. The molecule has 1 atom stereocenters. The summed E-state index contributed by atoms with van der Waals surface area (Å²) in [6.45, 7) is 3.10. The average molecular weight is 214 g/mol. The summed E-state index contributed by atoms with van der Waals surface area (Å²) in [4.78, 5) is 31.5. The van der Waals surface area contributed by atoms with Gasteiger partial charge in [0.2, 0.25) is 0 Å². The first-order valence-electron chi connectivity index (χ1n) is 3.89. The summed E-state index contributed by atoms with van der Waals surface area (Å²) in [6, 6.07) is 0. The SMILES string of the molecule is C=CC(=O)C(O)C/C(=C/C(=O)O)C(=O)O. The summed E-state index contributed by atoms with van der Waals surface area (Å²) in [7, 11) is 0. The molecule has 0 rings (SSSR count). The number of hydrogen-bond donors (Lipinski definition) is 3. The summed E-state index contributed by atoms with van der Waals surface area (Å²) >= 11 is 0. The maximum atomic E-state index is 10.8. The van der Waals surface area contributed by atoms with Crippen molar-refractivity contribution in [2.75, 3.05) is 0 Å². The van der Waals surface area contributed by atoms with E-state index >= 15 is 0 Å². The van der Waals surface area contributed by atoms with Crippen molar-refractivity contribution < 1.29 is 29.7 Å². The first-order valence-corrected chi connectivity index (χ1v) is 3.89. The third-order valence-electron chi connectivity index (χ3n) is 1.52. The number of aliphatic carboxylic acids is 2. The third kappa shape index (κ3) is 4.72. The standard InChI is InChI=1S/C9H10O6/c1-2-6(10)7(11)3-5(9(14)15)4-8(12)13/h2,4,7,11H,1,3H2,(H,12,13)(H,14,15)/b5-4-. The maximum Gasteiger partial charge on any atom is 0.331 e. The quantitative estimate of drug-likeness (QED) is 0.518. The van der Waals surface area contributed by atoms with Crippen molar-refractivity contribution in [1.82, 2.24) is 0 Å². The molecule has 0 spiro atoms. The first-order chi connectivity index (χ1) is 6.88. The Morgan fingerprint density at radius 2 is 1.80 bits per heavy atom. The van der Waals surface area contributed by atoms with Gasteiger partial charge < -0.3 is 15.3 Å². The zero-order valence-corrected chi connectivity index (χ0v) is 7.71. The van der Waals surface area contributed by atoms with Gasteiger partial charge in [0.1, 0.15) is 6.10 Å². The molecule has 0 aromatic heterocycles. The van der Waals surface area contributed by atoms with E-state index in [1.807, 2.05) is 0 Å². The predicted molar refractivity (Wildman–Crippen MR) is 49.2 cm³/mol. The minimum absolute atomic E-state index is 0.432. The van der Waals surface area contributed by atoms with Gasteiger partial charge in [-0.05, 0) is 6.08 Å². The van der Waals surface area contributed by atoms with Gasteiger partial charge >= 0.3 is 11.9 Å². The number of aliphatic hydroxyl groups is 1. The summed E-state index contributed by atoms with van der Waals surface area (Å²) in [5.74, 6) is -3.70. The van der Waals surface area contributed by atoms with Gasteiger partial charge in [0, 0.05) is 18.1 Å². The number of rotatable bonds is 6. The van der Waals surface area contributed by atoms with Crippen LogP contribution in [0.1, 0.15) is 6.42 Å². The predicted octanol–water partition coefficient (Wildman–Crippen LogP) is -0.412. The second-order valence-corrected chi connectivity index (χ2v) is 2.64. The Kier molecular flexibility index (Phi) is 4.97. The minimum Gasteiger partial charge on any atom is -0.478 e. The van der Waals surface area contributed by atoms with Crippen LogP contribution in [0.15, 0.2) is 24.3 Å². The van der Waals surface area contributed by atoms with Crippen LogP contribution in [0, 0.1) is 0 Å². The van der Waals surface area contributed by atoms with E-state index in [2.05, 4.69) is 6.58 Å². The lowest BCUT2D eigenvalue weighted by atomic mass is 10.0. The van der Waals surface area contributed by atoms with Crippen molar-refractivity contribution in [3.63, 3.8) is 0 Å². The van der Waals surface area contributed by atoms with Gasteiger partial charge in [0.25, 0.3) is 0 Å². The van der Waals surface area contributed by atoms with Gasteiger partial charge in [0.15, 0.2) is 5.78 Å². The number of hydrogen-bond acceptors (Lipinski definition) is 4. The van der Waals surface area contributed by atoms with Crippen molar-refractivity contribution in [1.29, 1.82) is 0 Å². The Labute approximate surface area is 85.1 Å². The molecule has 0 aliphatic rings. The molecule has 6 nitrogen and oxygen atoms in total. The van der Waals surface area contributed by atoms with Crippen LogP contribution >= 0.6 is 0 Å². The summed E-state index contributed by atoms with van der Waals surface area (Å²) < 4.78 is 0. The molecule has 0 fully saturated rings. The summed E-state index contributed by atoms with van der Waals surface area (Å²) in [5.41, 5.74) is -0.551. The van der Waals surface area contributed by atoms with Crippen LogP contribution in [0.4, 0.5) is 0 Å². The van der Waals surface area contributed by atoms with E-state index in [0.717, 1.165) is 6.08 Å². The lowest BCUT2D eigenvalue weighted by molar-refractivity contribution is -0.135.